The predicted molar refractivity (Wildman–Crippen MR) is 110 cm³/mol. The maximum atomic E-state index is 13.5. The van der Waals surface area contributed by atoms with Crippen molar-refractivity contribution in [1.82, 2.24) is 10.3 Å². The van der Waals surface area contributed by atoms with Gasteiger partial charge >= 0.3 is 0 Å². The van der Waals surface area contributed by atoms with E-state index in [1.165, 1.54) is 28.1 Å². The van der Waals surface area contributed by atoms with E-state index in [0.29, 0.717) is 6.04 Å². The average molecular weight is 367 g/mol. The highest BCUT2D eigenvalue weighted by atomic mass is 32.2. The number of nitrogens with one attached hydrogen (secondary N) is 2. The summed E-state index contributed by atoms with van der Waals surface area (Å²) >= 11 is 1.98. The van der Waals surface area contributed by atoms with E-state index in [1.807, 2.05) is 17.8 Å². The largest absolute Gasteiger partial charge is 0.361 e. The lowest BCUT2D eigenvalue weighted by Gasteiger charge is -2.24. The fourth-order valence-electron chi connectivity index (χ4n) is 3.56. The van der Waals surface area contributed by atoms with E-state index >= 15 is 0 Å². The lowest BCUT2D eigenvalue weighted by Crippen LogP contribution is -2.33. The normalized spacial score (nSPS) is 17.4. The van der Waals surface area contributed by atoms with Crippen LogP contribution in [0.2, 0.25) is 0 Å². The van der Waals surface area contributed by atoms with E-state index in [-0.39, 0.29) is 5.82 Å². The summed E-state index contributed by atoms with van der Waals surface area (Å²) in [7, 11) is 0. The minimum Gasteiger partial charge on any atom is -0.361 e. The molecule has 0 amide bonds. The van der Waals surface area contributed by atoms with Crippen LogP contribution < -0.4 is 5.32 Å². The molecule has 0 bridgehead atoms. The molecule has 1 unspecified atom stereocenters. The van der Waals surface area contributed by atoms with Gasteiger partial charge in [0, 0.05) is 35.4 Å². The van der Waals surface area contributed by atoms with Gasteiger partial charge in [0.25, 0.3) is 0 Å². The molecule has 0 fully saturated rings. The fourth-order valence-corrected chi connectivity index (χ4v) is 4.61. The summed E-state index contributed by atoms with van der Waals surface area (Å²) in [5, 5.41) is 4.89. The van der Waals surface area contributed by atoms with Gasteiger partial charge in [-0.15, -0.1) is 0 Å². The van der Waals surface area contributed by atoms with Gasteiger partial charge in [-0.3, -0.25) is 0 Å². The second-order valence-electron chi connectivity index (χ2n) is 6.75. The third-order valence-corrected chi connectivity index (χ3v) is 6.00. The average Bonchev–Trinajstić information content (AvgIpc) is 3.09. The van der Waals surface area contributed by atoms with Gasteiger partial charge in [-0.05, 0) is 53.5 Å². The van der Waals surface area contributed by atoms with Gasteiger partial charge in [-0.1, -0.05) is 36.4 Å². The first-order valence-corrected chi connectivity index (χ1v) is 10.3. The number of hydrogen-bond acceptors (Lipinski definition) is 2. The molecule has 4 rings (SSSR count). The topological polar surface area (TPSA) is 27.8 Å². The monoisotopic (exact) mass is 366 g/mol. The second-order valence-corrected chi connectivity index (χ2v) is 7.85. The van der Waals surface area contributed by atoms with Crippen molar-refractivity contribution < 1.29 is 4.39 Å². The molecule has 0 spiro atoms. The lowest BCUT2D eigenvalue weighted by molar-refractivity contribution is 0.524. The maximum Gasteiger partial charge on any atom is 0.123 e. The fraction of sp³-hybridized carbons (Fsp3) is 0.273. The second kappa shape index (κ2) is 8.11. The van der Waals surface area contributed by atoms with Gasteiger partial charge in [-0.25, -0.2) is 4.39 Å². The maximum absolute atomic E-state index is 13.5. The van der Waals surface area contributed by atoms with Crippen LogP contribution in [0.1, 0.15) is 24.0 Å². The Kier molecular flexibility index (Phi) is 5.42. The molecule has 1 aliphatic heterocycles. The Morgan fingerprint density at radius 2 is 2.04 bits per heavy atom. The van der Waals surface area contributed by atoms with Crippen molar-refractivity contribution in [3.63, 3.8) is 0 Å². The van der Waals surface area contributed by atoms with Gasteiger partial charge in [0.2, 0.25) is 0 Å². The van der Waals surface area contributed by atoms with Gasteiger partial charge < -0.3 is 10.3 Å². The van der Waals surface area contributed by atoms with Crippen molar-refractivity contribution >= 4 is 28.2 Å². The van der Waals surface area contributed by atoms with Crippen molar-refractivity contribution in [1.29, 1.82) is 0 Å². The summed E-state index contributed by atoms with van der Waals surface area (Å²) in [5.74, 6) is 1.99. The molecule has 0 saturated heterocycles. The standard InChI is InChI=1S/C22H23FN2S/c23-19-5-3-4-16(12-19)17-8-10-24-20(13-17)9-11-26-15-18-14-25-22-7-2-1-6-21(18)22/h1-8,12,14,20,24-25H,9-11,13,15H2. The lowest BCUT2D eigenvalue weighted by atomic mass is 9.94. The van der Waals surface area contributed by atoms with Gasteiger partial charge in [-0.2, -0.15) is 11.8 Å². The van der Waals surface area contributed by atoms with Crippen molar-refractivity contribution in [3.05, 3.63) is 77.7 Å². The predicted octanol–water partition coefficient (Wildman–Crippen LogP) is 5.38. The molecule has 0 saturated carbocycles. The molecule has 2 heterocycles. The van der Waals surface area contributed by atoms with Crippen LogP contribution in [0.25, 0.3) is 16.5 Å². The Labute approximate surface area is 157 Å². The number of hydrogen-bond donors (Lipinski definition) is 2. The van der Waals surface area contributed by atoms with E-state index in [2.05, 4.69) is 46.8 Å². The quantitative estimate of drug-likeness (QED) is 0.574. The van der Waals surface area contributed by atoms with Crippen molar-refractivity contribution in [3.8, 4) is 0 Å². The Morgan fingerprint density at radius 3 is 2.96 bits per heavy atom. The van der Waals surface area contributed by atoms with Crippen LogP contribution in [-0.4, -0.2) is 23.3 Å². The third kappa shape index (κ3) is 4.02. The number of thioether (sulfide) groups is 1. The van der Waals surface area contributed by atoms with Crippen LogP contribution in [0.4, 0.5) is 4.39 Å². The number of halogens is 1. The van der Waals surface area contributed by atoms with Gasteiger partial charge in [0.1, 0.15) is 5.82 Å². The summed E-state index contributed by atoms with van der Waals surface area (Å²) < 4.78 is 13.5. The summed E-state index contributed by atoms with van der Waals surface area (Å²) in [6.07, 6.45) is 6.41. The third-order valence-electron chi connectivity index (χ3n) is 4.96. The Hall–Kier alpha value is -2.04. The zero-order chi connectivity index (χ0) is 17.8. The smallest absolute Gasteiger partial charge is 0.123 e. The molecule has 2 N–H and O–H groups in total. The van der Waals surface area contributed by atoms with Crippen molar-refractivity contribution in [2.45, 2.75) is 24.6 Å². The first kappa shape index (κ1) is 17.4. The van der Waals surface area contributed by atoms with E-state index in [1.54, 1.807) is 12.1 Å². The van der Waals surface area contributed by atoms with Crippen LogP contribution in [-0.2, 0) is 5.75 Å². The molecular weight excluding hydrogens is 343 g/mol. The molecule has 0 aliphatic carbocycles. The summed E-state index contributed by atoms with van der Waals surface area (Å²) in [6, 6.07) is 15.9. The minimum absolute atomic E-state index is 0.159. The Balaban J connectivity index is 1.28. The SMILES string of the molecule is Fc1cccc(C2=CCNC(CCSCc3c[nH]c4ccccc34)C2)c1. The molecule has 0 radical (unpaired) electrons. The first-order valence-electron chi connectivity index (χ1n) is 9.11. The van der Waals surface area contributed by atoms with E-state index in [0.717, 1.165) is 36.5 Å². The highest BCUT2D eigenvalue weighted by Crippen LogP contribution is 2.26. The molecular formula is C22H23FN2S. The summed E-state index contributed by atoms with van der Waals surface area (Å²) in [4.78, 5) is 3.34. The highest BCUT2D eigenvalue weighted by Gasteiger charge is 2.16. The van der Waals surface area contributed by atoms with Crippen LogP contribution in [0, 0.1) is 5.82 Å². The number of rotatable bonds is 6. The Bertz CT molecular complexity index is 915. The number of H-pyrrole nitrogens is 1. The van der Waals surface area contributed by atoms with Crippen molar-refractivity contribution in [2.75, 3.05) is 12.3 Å². The molecule has 1 aliphatic rings. The van der Waals surface area contributed by atoms with E-state index in [9.17, 15) is 4.39 Å². The summed E-state index contributed by atoms with van der Waals surface area (Å²) in [5.41, 5.74) is 4.86. The minimum atomic E-state index is -0.159. The van der Waals surface area contributed by atoms with Crippen LogP contribution in [0.3, 0.4) is 0 Å². The van der Waals surface area contributed by atoms with Gasteiger partial charge in [0.05, 0.1) is 0 Å². The van der Waals surface area contributed by atoms with Crippen LogP contribution in [0.15, 0.2) is 60.8 Å². The van der Waals surface area contributed by atoms with E-state index in [4.69, 9.17) is 0 Å². The molecule has 2 nitrogen and oxygen atoms in total. The summed E-state index contributed by atoms with van der Waals surface area (Å²) in [6.45, 7) is 0.865. The number of benzene rings is 2. The molecule has 134 valence electrons. The molecule has 2 aromatic carbocycles. The van der Waals surface area contributed by atoms with Crippen molar-refractivity contribution in [2.24, 2.45) is 0 Å². The first-order chi connectivity index (χ1) is 12.8. The molecule has 26 heavy (non-hydrogen) atoms. The van der Waals surface area contributed by atoms with Gasteiger partial charge in [0.15, 0.2) is 0 Å². The Morgan fingerprint density at radius 1 is 1.12 bits per heavy atom. The number of para-hydroxylation sites is 1. The zero-order valence-electron chi connectivity index (χ0n) is 14.7. The highest BCUT2D eigenvalue weighted by molar-refractivity contribution is 7.98. The molecule has 1 aromatic heterocycles. The number of aromatic amines is 1. The van der Waals surface area contributed by atoms with Crippen LogP contribution >= 0.6 is 11.8 Å². The number of fused-ring (bicyclic) bond motifs is 1. The van der Waals surface area contributed by atoms with E-state index < -0.39 is 0 Å². The zero-order valence-corrected chi connectivity index (χ0v) is 15.5. The molecule has 1 atom stereocenters. The molecule has 3 aromatic rings. The number of aromatic nitrogens is 1. The van der Waals surface area contributed by atoms with Crippen LogP contribution in [0.5, 0.6) is 0 Å². The molecule has 4 heteroatoms.